The molecule has 1 aromatic rings. The Morgan fingerprint density at radius 3 is 3.00 bits per heavy atom. The van der Waals surface area contributed by atoms with Crippen molar-refractivity contribution >= 4 is 0 Å². The number of nitrogens with one attached hydrogen (secondary N) is 1. The van der Waals surface area contributed by atoms with Gasteiger partial charge in [-0.25, -0.2) is 4.98 Å². The Morgan fingerprint density at radius 2 is 2.28 bits per heavy atom. The van der Waals surface area contributed by atoms with Crippen LogP contribution in [0.1, 0.15) is 26.6 Å². The minimum atomic E-state index is -0.695. The van der Waals surface area contributed by atoms with E-state index in [1.54, 1.807) is 0 Å². The normalized spacial score (nSPS) is 19.8. The molecule has 0 aromatic carbocycles. The van der Waals surface area contributed by atoms with Crippen LogP contribution in [0.15, 0.2) is 12.4 Å². The van der Waals surface area contributed by atoms with Crippen LogP contribution in [0.3, 0.4) is 0 Å². The molecule has 0 amide bonds. The lowest BCUT2D eigenvalue weighted by Gasteiger charge is -2.34. The molecule has 102 valence electrons. The van der Waals surface area contributed by atoms with Crippen LogP contribution in [0.4, 0.5) is 0 Å². The van der Waals surface area contributed by atoms with Crippen molar-refractivity contribution in [3.05, 3.63) is 18.2 Å². The number of fused-ring (bicyclic) bond motifs is 1. The third-order valence-corrected chi connectivity index (χ3v) is 3.28. The van der Waals surface area contributed by atoms with Crippen molar-refractivity contribution in [3.8, 4) is 0 Å². The molecule has 1 aromatic heterocycles. The van der Waals surface area contributed by atoms with E-state index in [0.29, 0.717) is 19.1 Å². The predicted molar refractivity (Wildman–Crippen MR) is 71.3 cm³/mol. The fraction of sp³-hybridized carbons (Fsp3) is 0.769. The maximum Gasteiger partial charge on any atom is 0.122 e. The van der Waals surface area contributed by atoms with Crippen LogP contribution in [0, 0.1) is 0 Å². The number of β-amino-alcohol motifs (C(OH)–C–C–N with tert-alkyl or cyclic N) is 1. The summed E-state index contributed by atoms with van der Waals surface area (Å²) in [5.41, 5.74) is -0.695. The van der Waals surface area contributed by atoms with Gasteiger partial charge in [-0.2, -0.15) is 0 Å². The van der Waals surface area contributed by atoms with Crippen molar-refractivity contribution < 1.29 is 5.11 Å². The van der Waals surface area contributed by atoms with E-state index in [2.05, 4.69) is 33.6 Å². The van der Waals surface area contributed by atoms with E-state index in [1.165, 1.54) is 0 Å². The molecule has 1 atom stereocenters. The van der Waals surface area contributed by atoms with E-state index in [-0.39, 0.29) is 0 Å². The van der Waals surface area contributed by atoms with Gasteiger partial charge < -0.3 is 15.0 Å². The average Bonchev–Trinajstić information content (AvgIpc) is 2.73. The second kappa shape index (κ2) is 5.38. The summed E-state index contributed by atoms with van der Waals surface area (Å²) in [6.07, 6.45) is 3.86. The van der Waals surface area contributed by atoms with Gasteiger partial charge >= 0.3 is 0 Å². The van der Waals surface area contributed by atoms with E-state index in [0.717, 1.165) is 25.5 Å². The molecule has 0 spiro atoms. The second-order valence-electron chi connectivity index (χ2n) is 5.78. The smallest absolute Gasteiger partial charge is 0.122 e. The highest BCUT2D eigenvalue weighted by molar-refractivity contribution is 4.96. The van der Waals surface area contributed by atoms with Crippen molar-refractivity contribution in [3.63, 3.8) is 0 Å². The van der Waals surface area contributed by atoms with Crippen LogP contribution in [-0.4, -0.2) is 50.8 Å². The number of imidazole rings is 1. The number of aliphatic hydroxyl groups is 1. The van der Waals surface area contributed by atoms with Gasteiger partial charge in [0.1, 0.15) is 5.82 Å². The van der Waals surface area contributed by atoms with Gasteiger partial charge in [-0.05, 0) is 6.92 Å². The summed E-state index contributed by atoms with van der Waals surface area (Å²) in [5.74, 6) is 1.09. The molecule has 1 aliphatic rings. The van der Waals surface area contributed by atoms with Gasteiger partial charge in [-0.1, -0.05) is 13.8 Å². The maximum absolute atomic E-state index is 10.4. The third-order valence-electron chi connectivity index (χ3n) is 3.28. The van der Waals surface area contributed by atoms with Crippen LogP contribution >= 0.6 is 0 Å². The van der Waals surface area contributed by atoms with Gasteiger partial charge in [0.15, 0.2) is 0 Å². The summed E-state index contributed by atoms with van der Waals surface area (Å²) >= 11 is 0. The average molecular weight is 252 g/mol. The highest BCUT2D eigenvalue weighted by Crippen LogP contribution is 2.14. The van der Waals surface area contributed by atoms with Crippen LogP contribution in [0.2, 0.25) is 0 Å². The minimum absolute atomic E-state index is 0.400. The van der Waals surface area contributed by atoms with Crippen LogP contribution in [-0.2, 0) is 13.1 Å². The van der Waals surface area contributed by atoms with E-state index >= 15 is 0 Å². The summed E-state index contributed by atoms with van der Waals surface area (Å²) in [5, 5.41) is 13.7. The van der Waals surface area contributed by atoms with Crippen molar-refractivity contribution in [1.29, 1.82) is 0 Å². The molecular weight excluding hydrogens is 228 g/mol. The Morgan fingerprint density at radius 1 is 1.50 bits per heavy atom. The first-order valence-electron chi connectivity index (χ1n) is 6.64. The van der Waals surface area contributed by atoms with Gasteiger partial charge in [0.05, 0.1) is 12.1 Å². The molecule has 0 bridgehead atoms. The lowest BCUT2D eigenvalue weighted by atomic mass is 10.1. The molecule has 2 heterocycles. The summed E-state index contributed by atoms with van der Waals surface area (Å²) in [6.45, 7) is 10.1. The fourth-order valence-corrected chi connectivity index (χ4v) is 2.32. The highest BCUT2D eigenvalue weighted by atomic mass is 16.3. The topological polar surface area (TPSA) is 53.3 Å². The van der Waals surface area contributed by atoms with Gasteiger partial charge in [0, 0.05) is 44.6 Å². The minimum Gasteiger partial charge on any atom is -0.388 e. The van der Waals surface area contributed by atoms with E-state index in [4.69, 9.17) is 0 Å². The third kappa shape index (κ3) is 3.54. The molecular formula is C13H24N4O. The first-order valence-corrected chi connectivity index (χ1v) is 6.64. The molecule has 18 heavy (non-hydrogen) atoms. The van der Waals surface area contributed by atoms with Crippen LogP contribution in [0.5, 0.6) is 0 Å². The van der Waals surface area contributed by atoms with E-state index in [9.17, 15) is 5.11 Å². The molecule has 0 saturated carbocycles. The first-order chi connectivity index (χ1) is 8.46. The Kier molecular flexibility index (Phi) is 4.04. The molecule has 1 unspecified atom stereocenters. The summed E-state index contributed by atoms with van der Waals surface area (Å²) < 4.78 is 2.18. The van der Waals surface area contributed by atoms with Crippen molar-refractivity contribution in [1.82, 2.24) is 19.8 Å². The summed E-state index contributed by atoms with van der Waals surface area (Å²) in [7, 11) is 0. The molecule has 0 aliphatic carbocycles. The number of nitrogens with zero attached hydrogens (tertiary/aromatic N) is 3. The molecule has 0 radical (unpaired) electrons. The molecule has 1 aliphatic heterocycles. The Labute approximate surface area is 109 Å². The van der Waals surface area contributed by atoms with Gasteiger partial charge in [-0.3, -0.25) is 4.90 Å². The second-order valence-corrected chi connectivity index (χ2v) is 5.78. The largest absolute Gasteiger partial charge is 0.388 e. The van der Waals surface area contributed by atoms with Crippen LogP contribution < -0.4 is 5.32 Å². The van der Waals surface area contributed by atoms with Crippen molar-refractivity contribution in [2.45, 2.75) is 45.5 Å². The Bertz CT molecular complexity index is 386. The number of hydrogen-bond donors (Lipinski definition) is 2. The quantitative estimate of drug-likeness (QED) is 0.799. The van der Waals surface area contributed by atoms with Gasteiger partial charge in [0.2, 0.25) is 0 Å². The SMILES string of the molecule is CC(C)NCC(C)(O)CN1CCn2ccnc2C1. The van der Waals surface area contributed by atoms with Crippen molar-refractivity contribution in [2.75, 3.05) is 19.6 Å². The fourth-order valence-electron chi connectivity index (χ4n) is 2.32. The number of rotatable bonds is 5. The first kappa shape index (κ1) is 13.5. The zero-order valence-electron chi connectivity index (χ0n) is 11.6. The molecule has 2 rings (SSSR count). The van der Waals surface area contributed by atoms with Gasteiger partial charge in [-0.15, -0.1) is 0 Å². The summed E-state index contributed by atoms with van der Waals surface area (Å²) in [6, 6.07) is 0.400. The monoisotopic (exact) mass is 252 g/mol. The number of hydrogen-bond acceptors (Lipinski definition) is 4. The van der Waals surface area contributed by atoms with E-state index in [1.807, 2.05) is 19.3 Å². The maximum atomic E-state index is 10.4. The number of aromatic nitrogens is 2. The molecule has 0 saturated heterocycles. The molecule has 2 N–H and O–H groups in total. The zero-order chi connectivity index (χ0) is 13.2. The molecule has 5 nitrogen and oxygen atoms in total. The molecule has 5 heteroatoms. The zero-order valence-corrected chi connectivity index (χ0v) is 11.6. The van der Waals surface area contributed by atoms with Gasteiger partial charge in [0.25, 0.3) is 0 Å². The summed E-state index contributed by atoms with van der Waals surface area (Å²) in [4.78, 5) is 6.60. The Hall–Kier alpha value is -0.910. The lowest BCUT2D eigenvalue weighted by molar-refractivity contribution is 0.0105. The van der Waals surface area contributed by atoms with Crippen molar-refractivity contribution in [2.24, 2.45) is 0 Å². The van der Waals surface area contributed by atoms with Crippen LogP contribution in [0.25, 0.3) is 0 Å². The Balaban J connectivity index is 1.87. The standard InChI is InChI=1S/C13H24N4O/c1-11(2)15-9-13(3,18)10-16-6-7-17-5-4-14-12(17)8-16/h4-5,11,15,18H,6-10H2,1-3H3. The predicted octanol–water partition coefficient (Wildman–Crippen LogP) is 0.448. The highest BCUT2D eigenvalue weighted by Gasteiger charge is 2.26. The molecule has 0 fully saturated rings. The van der Waals surface area contributed by atoms with E-state index < -0.39 is 5.60 Å². The lowest BCUT2D eigenvalue weighted by Crippen LogP contribution is -2.50.